The van der Waals surface area contributed by atoms with Crippen molar-refractivity contribution >= 4 is 11.9 Å². The van der Waals surface area contributed by atoms with Crippen LogP contribution in [0.1, 0.15) is 44.1 Å². The van der Waals surface area contributed by atoms with Gasteiger partial charge >= 0.3 is 5.97 Å². The zero-order valence-electron chi connectivity index (χ0n) is 14.1. The van der Waals surface area contributed by atoms with Crippen molar-refractivity contribution in [3.8, 4) is 5.75 Å². The van der Waals surface area contributed by atoms with Gasteiger partial charge in [-0.1, -0.05) is 31.1 Å². The minimum absolute atomic E-state index is 0.204. The molecular weight excluding hydrogens is 306 g/mol. The predicted molar refractivity (Wildman–Crippen MR) is 92.1 cm³/mol. The molecule has 1 aliphatic rings. The first-order chi connectivity index (χ1) is 11.5. The summed E-state index contributed by atoms with van der Waals surface area (Å²) in [6.45, 7) is 3.61. The third-order valence-electron chi connectivity index (χ3n) is 4.78. The van der Waals surface area contributed by atoms with E-state index in [-0.39, 0.29) is 5.91 Å². The Morgan fingerprint density at radius 1 is 1.42 bits per heavy atom. The third-order valence-corrected chi connectivity index (χ3v) is 4.78. The number of ether oxygens (including phenoxy) is 1. The van der Waals surface area contributed by atoms with E-state index in [0.29, 0.717) is 18.6 Å². The molecular formula is C19H25NO4. The summed E-state index contributed by atoms with van der Waals surface area (Å²) in [7, 11) is 1.59. The number of carboxylic acids is 1. The zero-order chi connectivity index (χ0) is 17.6. The second-order valence-corrected chi connectivity index (χ2v) is 6.25. The smallest absolute Gasteiger partial charge is 0.326 e. The molecule has 0 aliphatic heterocycles. The Bertz CT molecular complexity index is 605. The topological polar surface area (TPSA) is 75.6 Å². The summed E-state index contributed by atoms with van der Waals surface area (Å²) >= 11 is 0. The highest BCUT2D eigenvalue weighted by atomic mass is 16.5. The molecule has 1 amide bonds. The minimum Gasteiger partial charge on any atom is -0.497 e. The number of aliphatic carboxylic acids is 1. The Morgan fingerprint density at radius 3 is 2.71 bits per heavy atom. The summed E-state index contributed by atoms with van der Waals surface area (Å²) in [6.07, 6.45) is 5.90. The van der Waals surface area contributed by atoms with E-state index < -0.39 is 17.4 Å². The Kier molecular flexibility index (Phi) is 6.01. The molecule has 1 atom stereocenters. The van der Waals surface area contributed by atoms with Crippen molar-refractivity contribution < 1.29 is 19.4 Å². The lowest BCUT2D eigenvalue weighted by Crippen LogP contribution is -2.49. The summed E-state index contributed by atoms with van der Waals surface area (Å²) in [6, 6.07) is 6.62. The van der Waals surface area contributed by atoms with Crippen molar-refractivity contribution in [2.75, 3.05) is 7.11 Å². The van der Waals surface area contributed by atoms with Crippen LogP contribution in [0.4, 0.5) is 0 Å². The van der Waals surface area contributed by atoms with Crippen LogP contribution in [-0.2, 0) is 15.0 Å². The van der Waals surface area contributed by atoms with E-state index in [1.807, 2.05) is 24.3 Å². The van der Waals surface area contributed by atoms with Gasteiger partial charge in [0.05, 0.1) is 12.5 Å². The van der Waals surface area contributed by atoms with Crippen molar-refractivity contribution in [2.24, 2.45) is 0 Å². The van der Waals surface area contributed by atoms with Gasteiger partial charge in [-0.15, -0.1) is 6.58 Å². The molecule has 130 valence electrons. The molecule has 5 heteroatoms. The van der Waals surface area contributed by atoms with Crippen LogP contribution < -0.4 is 10.1 Å². The quantitative estimate of drug-likeness (QED) is 0.718. The van der Waals surface area contributed by atoms with Gasteiger partial charge in [-0.3, -0.25) is 4.79 Å². The maximum absolute atomic E-state index is 13.0. The molecule has 0 spiro atoms. The number of rotatable bonds is 8. The zero-order valence-corrected chi connectivity index (χ0v) is 14.1. The van der Waals surface area contributed by atoms with E-state index in [1.165, 1.54) is 0 Å². The van der Waals surface area contributed by atoms with Crippen LogP contribution in [0, 0.1) is 0 Å². The molecule has 1 unspecified atom stereocenters. The molecule has 0 saturated heterocycles. The molecule has 0 bridgehead atoms. The van der Waals surface area contributed by atoms with E-state index in [0.717, 1.165) is 31.2 Å². The number of amides is 1. The highest BCUT2D eigenvalue weighted by Crippen LogP contribution is 2.42. The highest BCUT2D eigenvalue weighted by molar-refractivity contribution is 5.92. The molecule has 0 aromatic heterocycles. The predicted octanol–water partition coefficient (Wildman–Crippen LogP) is 3.04. The van der Waals surface area contributed by atoms with Gasteiger partial charge in [-0.2, -0.15) is 0 Å². The number of carbonyl (C=O) groups excluding carboxylic acids is 1. The third kappa shape index (κ3) is 3.78. The molecule has 2 N–H and O–H groups in total. The summed E-state index contributed by atoms with van der Waals surface area (Å²) in [4.78, 5) is 24.4. The number of allylic oxidation sites excluding steroid dienone is 1. The molecule has 2 rings (SSSR count). The number of methoxy groups -OCH3 is 1. The maximum Gasteiger partial charge on any atom is 0.326 e. The molecule has 5 nitrogen and oxygen atoms in total. The summed E-state index contributed by atoms with van der Waals surface area (Å²) in [5.74, 6) is -0.512. The van der Waals surface area contributed by atoms with Crippen molar-refractivity contribution in [1.29, 1.82) is 0 Å². The van der Waals surface area contributed by atoms with Crippen LogP contribution in [0.15, 0.2) is 36.9 Å². The van der Waals surface area contributed by atoms with Gasteiger partial charge in [-0.05, 0) is 43.4 Å². The van der Waals surface area contributed by atoms with E-state index >= 15 is 0 Å². The maximum atomic E-state index is 13.0. The first kappa shape index (κ1) is 18.0. The van der Waals surface area contributed by atoms with Gasteiger partial charge in [0.2, 0.25) is 5.91 Å². The number of hydrogen-bond donors (Lipinski definition) is 2. The lowest BCUT2D eigenvalue weighted by atomic mass is 9.77. The lowest BCUT2D eigenvalue weighted by molar-refractivity contribution is -0.143. The molecule has 1 fully saturated rings. The van der Waals surface area contributed by atoms with Gasteiger partial charge < -0.3 is 15.2 Å². The van der Waals surface area contributed by atoms with Gasteiger partial charge in [0, 0.05) is 0 Å². The lowest BCUT2D eigenvalue weighted by Gasteiger charge is -2.30. The molecule has 1 saturated carbocycles. The summed E-state index contributed by atoms with van der Waals surface area (Å²) in [5.41, 5.74) is 0.223. The average Bonchev–Trinajstić information content (AvgIpc) is 3.09. The van der Waals surface area contributed by atoms with E-state index in [9.17, 15) is 14.7 Å². The van der Waals surface area contributed by atoms with Crippen LogP contribution >= 0.6 is 0 Å². The number of carboxylic acid groups (broad SMARTS) is 1. The Labute approximate surface area is 142 Å². The van der Waals surface area contributed by atoms with Gasteiger partial charge in [0.25, 0.3) is 0 Å². The molecule has 1 aliphatic carbocycles. The van der Waals surface area contributed by atoms with Crippen LogP contribution in [0.2, 0.25) is 0 Å². The number of hydrogen-bond acceptors (Lipinski definition) is 3. The van der Waals surface area contributed by atoms with Crippen molar-refractivity contribution in [3.05, 3.63) is 42.5 Å². The molecule has 0 heterocycles. The monoisotopic (exact) mass is 331 g/mol. The first-order valence-corrected chi connectivity index (χ1v) is 8.32. The molecule has 24 heavy (non-hydrogen) atoms. The SMILES string of the molecule is C=CCCC(NC(=O)C1(c2cccc(OC)c2)CCCC1)C(=O)O. The van der Waals surface area contributed by atoms with Crippen molar-refractivity contribution in [3.63, 3.8) is 0 Å². The van der Waals surface area contributed by atoms with Crippen LogP contribution in [0.5, 0.6) is 5.75 Å². The first-order valence-electron chi connectivity index (χ1n) is 8.32. The fourth-order valence-corrected chi connectivity index (χ4v) is 3.38. The van der Waals surface area contributed by atoms with E-state index in [1.54, 1.807) is 13.2 Å². The summed E-state index contributed by atoms with van der Waals surface area (Å²) < 4.78 is 5.27. The molecule has 1 aromatic carbocycles. The van der Waals surface area contributed by atoms with E-state index in [4.69, 9.17) is 4.74 Å². The second-order valence-electron chi connectivity index (χ2n) is 6.25. The van der Waals surface area contributed by atoms with E-state index in [2.05, 4.69) is 11.9 Å². The summed E-state index contributed by atoms with van der Waals surface area (Å²) in [5, 5.41) is 12.1. The largest absolute Gasteiger partial charge is 0.497 e. The van der Waals surface area contributed by atoms with Crippen molar-refractivity contribution in [2.45, 2.75) is 50.0 Å². The number of nitrogens with one attached hydrogen (secondary N) is 1. The Balaban J connectivity index is 2.26. The van der Waals surface area contributed by atoms with Gasteiger partial charge in [0.15, 0.2) is 0 Å². The van der Waals surface area contributed by atoms with Crippen LogP contribution in [0.25, 0.3) is 0 Å². The standard InChI is InChI=1S/C19H25NO4/c1-3-4-10-16(17(21)22)20-18(23)19(11-5-6-12-19)14-8-7-9-15(13-14)24-2/h3,7-9,13,16H,1,4-6,10-12H2,2H3,(H,20,23)(H,21,22). The van der Waals surface area contributed by atoms with Gasteiger partial charge in [-0.25, -0.2) is 4.79 Å². The number of carbonyl (C=O) groups is 2. The average molecular weight is 331 g/mol. The van der Waals surface area contributed by atoms with Crippen molar-refractivity contribution in [1.82, 2.24) is 5.32 Å². The molecule has 1 aromatic rings. The fraction of sp³-hybridized carbons (Fsp3) is 0.474. The normalized spacial score (nSPS) is 17.0. The Morgan fingerprint density at radius 2 is 2.12 bits per heavy atom. The minimum atomic E-state index is -1.01. The Hall–Kier alpha value is -2.30. The molecule has 0 radical (unpaired) electrons. The second kappa shape index (κ2) is 7.99. The fourth-order valence-electron chi connectivity index (χ4n) is 3.38. The number of benzene rings is 1. The highest BCUT2D eigenvalue weighted by Gasteiger charge is 2.44. The van der Waals surface area contributed by atoms with Gasteiger partial charge in [0.1, 0.15) is 11.8 Å². The van der Waals surface area contributed by atoms with Crippen LogP contribution in [-0.4, -0.2) is 30.1 Å². The van der Waals surface area contributed by atoms with Crippen LogP contribution in [0.3, 0.4) is 0 Å².